The van der Waals surface area contributed by atoms with Crippen molar-refractivity contribution >= 4 is 23.6 Å². The summed E-state index contributed by atoms with van der Waals surface area (Å²) in [6.07, 6.45) is 7.07. The van der Waals surface area contributed by atoms with Crippen molar-refractivity contribution in [1.29, 1.82) is 0 Å². The van der Waals surface area contributed by atoms with Gasteiger partial charge < -0.3 is 4.74 Å². The first-order valence-corrected chi connectivity index (χ1v) is 5.94. The van der Waals surface area contributed by atoms with E-state index in [1.165, 1.54) is 25.3 Å². The number of hydrogen-bond donors (Lipinski definition) is 0. The van der Waals surface area contributed by atoms with E-state index in [1.54, 1.807) is 36.4 Å². The lowest BCUT2D eigenvalue weighted by molar-refractivity contribution is -0.114. The molecule has 1 aliphatic carbocycles. The molecule has 0 saturated carbocycles. The summed E-state index contributed by atoms with van der Waals surface area (Å²) >= 11 is 0. The smallest absolute Gasteiger partial charge is 0.337 e. The van der Waals surface area contributed by atoms with Crippen molar-refractivity contribution in [2.75, 3.05) is 7.11 Å². The van der Waals surface area contributed by atoms with Gasteiger partial charge in [0.1, 0.15) is 0 Å². The molecule has 4 nitrogen and oxygen atoms in total. The Morgan fingerprint density at radius 2 is 1.75 bits per heavy atom. The van der Waals surface area contributed by atoms with Gasteiger partial charge in [-0.2, -0.15) is 0 Å². The maximum atomic E-state index is 11.5. The Bertz CT molecular complexity index is 646. The molecule has 0 N–H and O–H groups in total. The summed E-state index contributed by atoms with van der Waals surface area (Å²) in [6.45, 7) is 0. The number of rotatable bonds is 3. The Morgan fingerprint density at radius 3 is 2.40 bits per heavy atom. The molecular formula is C16H12O4. The van der Waals surface area contributed by atoms with Crippen molar-refractivity contribution < 1.29 is 19.1 Å². The summed E-state index contributed by atoms with van der Waals surface area (Å²) in [5.41, 5.74) is 1.61. The number of esters is 1. The highest BCUT2D eigenvalue weighted by Crippen LogP contribution is 2.12. The Kier molecular flexibility index (Phi) is 4.05. The highest BCUT2D eigenvalue weighted by Gasteiger charge is 2.10. The van der Waals surface area contributed by atoms with Gasteiger partial charge in [0.2, 0.25) is 0 Å². The number of ketones is 2. The van der Waals surface area contributed by atoms with Crippen molar-refractivity contribution in [2.24, 2.45) is 0 Å². The van der Waals surface area contributed by atoms with E-state index in [-0.39, 0.29) is 11.6 Å². The maximum Gasteiger partial charge on any atom is 0.337 e. The number of methoxy groups -OCH3 is 1. The highest BCUT2D eigenvalue weighted by molar-refractivity contribution is 6.18. The van der Waals surface area contributed by atoms with Gasteiger partial charge in [-0.25, -0.2) is 4.79 Å². The van der Waals surface area contributed by atoms with Crippen LogP contribution in [0.2, 0.25) is 0 Å². The summed E-state index contributed by atoms with van der Waals surface area (Å²) in [5, 5.41) is 0. The molecule has 0 aromatic heterocycles. The molecule has 2 rings (SSSR count). The van der Waals surface area contributed by atoms with Crippen LogP contribution in [0.5, 0.6) is 0 Å². The van der Waals surface area contributed by atoms with Crippen molar-refractivity contribution in [3.63, 3.8) is 0 Å². The lowest BCUT2D eigenvalue weighted by Gasteiger charge is -2.02. The van der Waals surface area contributed by atoms with Gasteiger partial charge in [-0.05, 0) is 35.9 Å². The number of carbonyl (C=O) groups is 3. The second kappa shape index (κ2) is 5.93. The molecule has 0 radical (unpaired) electrons. The van der Waals surface area contributed by atoms with Crippen LogP contribution in [0.3, 0.4) is 0 Å². The van der Waals surface area contributed by atoms with E-state index >= 15 is 0 Å². The lowest BCUT2D eigenvalue weighted by atomic mass is 10.0. The van der Waals surface area contributed by atoms with Gasteiger partial charge in [0, 0.05) is 5.57 Å². The van der Waals surface area contributed by atoms with Crippen LogP contribution in [0.15, 0.2) is 54.1 Å². The number of hydrogen-bond acceptors (Lipinski definition) is 4. The third-order valence-corrected chi connectivity index (χ3v) is 2.77. The van der Waals surface area contributed by atoms with Crippen LogP contribution in [-0.2, 0) is 14.3 Å². The predicted molar refractivity (Wildman–Crippen MR) is 74.1 cm³/mol. The standard InChI is InChI=1S/C16H12O4/c1-20-16(19)12-5-2-11(3-6-12)4-7-13-10-14(17)8-9-15(13)18/h2-10H,1H3/b7-4-. The fourth-order valence-electron chi connectivity index (χ4n) is 1.69. The molecule has 1 aromatic rings. The molecule has 0 heterocycles. The van der Waals surface area contributed by atoms with Gasteiger partial charge in [0.25, 0.3) is 0 Å². The maximum absolute atomic E-state index is 11.5. The minimum Gasteiger partial charge on any atom is -0.465 e. The molecule has 0 saturated heterocycles. The zero-order valence-electron chi connectivity index (χ0n) is 10.8. The summed E-state index contributed by atoms with van der Waals surface area (Å²) in [7, 11) is 1.32. The summed E-state index contributed by atoms with van der Waals surface area (Å²) in [5.74, 6) is -0.807. The molecule has 0 aliphatic heterocycles. The van der Waals surface area contributed by atoms with Crippen LogP contribution in [0.25, 0.3) is 6.08 Å². The van der Waals surface area contributed by atoms with Crippen LogP contribution in [-0.4, -0.2) is 24.6 Å². The van der Waals surface area contributed by atoms with Gasteiger partial charge in [-0.15, -0.1) is 0 Å². The zero-order chi connectivity index (χ0) is 14.5. The molecule has 0 unspecified atom stereocenters. The number of ether oxygens (including phenoxy) is 1. The van der Waals surface area contributed by atoms with Crippen LogP contribution in [0.1, 0.15) is 15.9 Å². The Labute approximate surface area is 116 Å². The average molecular weight is 268 g/mol. The zero-order valence-corrected chi connectivity index (χ0v) is 10.8. The summed E-state index contributed by atoms with van der Waals surface area (Å²) in [4.78, 5) is 34.0. The van der Waals surface area contributed by atoms with Gasteiger partial charge in [-0.3, -0.25) is 9.59 Å². The molecule has 0 amide bonds. The molecule has 0 bridgehead atoms. The SMILES string of the molecule is COC(=O)c1ccc(/C=C\C2=CC(=O)C=CC2=O)cc1. The monoisotopic (exact) mass is 268 g/mol. The normalized spacial score (nSPS) is 14.6. The van der Waals surface area contributed by atoms with E-state index < -0.39 is 5.97 Å². The molecule has 100 valence electrons. The fourth-order valence-corrected chi connectivity index (χ4v) is 1.69. The van der Waals surface area contributed by atoms with E-state index in [4.69, 9.17) is 0 Å². The first kappa shape index (κ1) is 13.7. The van der Waals surface area contributed by atoms with Gasteiger partial charge >= 0.3 is 5.97 Å². The molecule has 1 aromatic carbocycles. The van der Waals surface area contributed by atoms with Crippen LogP contribution < -0.4 is 0 Å². The van der Waals surface area contributed by atoms with E-state index in [0.717, 1.165) is 5.56 Å². The van der Waals surface area contributed by atoms with Crippen LogP contribution >= 0.6 is 0 Å². The third kappa shape index (κ3) is 3.17. The molecule has 1 aliphatic rings. The van der Waals surface area contributed by atoms with E-state index in [1.807, 2.05) is 0 Å². The molecule has 20 heavy (non-hydrogen) atoms. The lowest BCUT2D eigenvalue weighted by Crippen LogP contribution is -2.05. The van der Waals surface area contributed by atoms with Crippen molar-refractivity contribution in [1.82, 2.24) is 0 Å². The van der Waals surface area contributed by atoms with Gasteiger partial charge in [0.05, 0.1) is 12.7 Å². The first-order valence-electron chi connectivity index (χ1n) is 5.94. The Balaban J connectivity index is 2.14. The number of carbonyl (C=O) groups excluding carboxylic acids is 3. The second-order valence-corrected chi connectivity index (χ2v) is 4.15. The summed E-state index contributed by atoms with van der Waals surface area (Å²) < 4.78 is 4.60. The minimum absolute atomic E-state index is 0.202. The van der Waals surface area contributed by atoms with E-state index in [0.29, 0.717) is 11.1 Å². The highest BCUT2D eigenvalue weighted by atomic mass is 16.5. The molecule has 0 atom stereocenters. The van der Waals surface area contributed by atoms with Crippen molar-refractivity contribution in [3.05, 3.63) is 65.3 Å². The third-order valence-electron chi connectivity index (χ3n) is 2.77. The fraction of sp³-hybridized carbons (Fsp3) is 0.0625. The Morgan fingerprint density at radius 1 is 1.05 bits per heavy atom. The van der Waals surface area contributed by atoms with E-state index in [9.17, 15) is 14.4 Å². The van der Waals surface area contributed by atoms with Gasteiger partial charge in [0.15, 0.2) is 11.6 Å². The molecular weight excluding hydrogens is 256 g/mol. The molecule has 0 spiro atoms. The average Bonchev–Trinajstić information content (AvgIpc) is 2.48. The van der Waals surface area contributed by atoms with Crippen molar-refractivity contribution in [2.45, 2.75) is 0 Å². The second-order valence-electron chi connectivity index (χ2n) is 4.15. The largest absolute Gasteiger partial charge is 0.465 e. The predicted octanol–water partition coefficient (Wildman–Crippen LogP) is 2.12. The van der Waals surface area contributed by atoms with Crippen LogP contribution in [0.4, 0.5) is 0 Å². The Hall–Kier alpha value is -2.75. The number of benzene rings is 1. The van der Waals surface area contributed by atoms with Crippen LogP contribution in [0, 0.1) is 0 Å². The van der Waals surface area contributed by atoms with E-state index in [2.05, 4.69) is 4.74 Å². The quantitative estimate of drug-likeness (QED) is 0.622. The topological polar surface area (TPSA) is 60.4 Å². The molecule has 4 heteroatoms. The minimum atomic E-state index is -0.401. The van der Waals surface area contributed by atoms with Crippen molar-refractivity contribution in [3.8, 4) is 0 Å². The molecule has 0 fully saturated rings. The summed E-state index contributed by atoms with van der Waals surface area (Å²) in [6, 6.07) is 6.73. The van der Waals surface area contributed by atoms with Gasteiger partial charge in [-0.1, -0.05) is 24.3 Å². The number of allylic oxidation sites excluding steroid dienone is 5. The first-order chi connectivity index (χ1) is 9.60.